The number of aliphatic imine (C=N–C) groups is 1. The molecule has 36 heavy (non-hydrogen) atoms. The molecule has 4 N–H and O–H groups in total. The lowest BCUT2D eigenvalue weighted by Crippen LogP contribution is -2.32. The van der Waals surface area contributed by atoms with Crippen molar-refractivity contribution in [2.75, 3.05) is 37.9 Å². The highest BCUT2D eigenvalue weighted by atomic mass is 16.3. The molecule has 1 amide bonds. The minimum absolute atomic E-state index is 0.0142. The molecule has 1 saturated carbocycles. The molecule has 1 aliphatic rings. The minimum atomic E-state index is -0.236. The Morgan fingerprint density at radius 2 is 1.75 bits per heavy atom. The van der Waals surface area contributed by atoms with Crippen LogP contribution in [0.3, 0.4) is 0 Å². The molecule has 1 aliphatic carbocycles. The van der Waals surface area contributed by atoms with Crippen molar-refractivity contribution in [3.8, 4) is 11.1 Å². The number of hydrogen-bond acceptors (Lipinski definition) is 5. The lowest BCUT2D eigenvalue weighted by Gasteiger charge is -2.30. The van der Waals surface area contributed by atoms with E-state index in [9.17, 15) is 9.90 Å². The fraction of sp³-hybridized carbons (Fsp3) is 0.400. The van der Waals surface area contributed by atoms with E-state index in [1.54, 1.807) is 7.05 Å². The van der Waals surface area contributed by atoms with Crippen LogP contribution in [-0.2, 0) is 4.79 Å². The van der Waals surface area contributed by atoms with Crippen LogP contribution >= 0.6 is 0 Å². The third-order valence-corrected chi connectivity index (χ3v) is 7.13. The summed E-state index contributed by atoms with van der Waals surface area (Å²) in [6.45, 7) is 11.0. The van der Waals surface area contributed by atoms with Gasteiger partial charge in [-0.1, -0.05) is 37.3 Å². The van der Waals surface area contributed by atoms with E-state index in [1.165, 1.54) is 6.42 Å². The highest BCUT2D eigenvalue weighted by Crippen LogP contribution is 2.37. The van der Waals surface area contributed by atoms with E-state index in [-0.39, 0.29) is 18.6 Å². The first-order chi connectivity index (χ1) is 17.3. The predicted octanol–water partition coefficient (Wildman–Crippen LogP) is 5.27. The molecule has 2 aromatic rings. The largest absolute Gasteiger partial charge is 0.395 e. The lowest BCUT2D eigenvalue weighted by atomic mass is 9.76. The Bertz CT molecular complexity index is 1160. The molecule has 6 nitrogen and oxygen atoms in total. The van der Waals surface area contributed by atoms with E-state index >= 15 is 0 Å². The molecule has 0 spiro atoms. The number of carbonyl (C=O) groups excluding carboxylic acids is 1. The van der Waals surface area contributed by atoms with Gasteiger partial charge < -0.3 is 21.1 Å². The third kappa shape index (κ3) is 6.31. The van der Waals surface area contributed by atoms with Gasteiger partial charge in [0.2, 0.25) is 0 Å². The number of benzene rings is 2. The Morgan fingerprint density at radius 1 is 1.14 bits per heavy atom. The molecule has 0 saturated heterocycles. The van der Waals surface area contributed by atoms with E-state index in [4.69, 9.17) is 0 Å². The summed E-state index contributed by atoms with van der Waals surface area (Å²) in [4.78, 5) is 17.7. The Balaban J connectivity index is 1.85. The summed E-state index contributed by atoms with van der Waals surface area (Å²) in [5.41, 5.74) is 8.62. The second-order valence-electron chi connectivity index (χ2n) is 9.56. The van der Waals surface area contributed by atoms with Crippen LogP contribution in [0.2, 0.25) is 0 Å². The van der Waals surface area contributed by atoms with Crippen molar-refractivity contribution in [1.29, 1.82) is 0 Å². The standard InChI is InChI=1S/C30H40N4O2/c1-19(17-33-20(2)18-35)26(23-10-7-11-23)16-29(32-6)30(36)34-28-15-9-13-25(22(28)4)24-12-8-14-27(31-5)21(24)3/h8-9,12-16,20,23,31,33,35H,1,7,10-11,17-18H2,2-6H3,(H,34,36)/b26-16+,32-29?/t20-/m0/s1. The summed E-state index contributed by atoms with van der Waals surface area (Å²) >= 11 is 0. The second-order valence-corrected chi connectivity index (χ2v) is 9.56. The van der Waals surface area contributed by atoms with Crippen LogP contribution in [0.4, 0.5) is 11.4 Å². The monoisotopic (exact) mass is 488 g/mol. The smallest absolute Gasteiger partial charge is 0.273 e. The molecule has 2 aromatic carbocycles. The second kappa shape index (κ2) is 12.7. The fourth-order valence-electron chi connectivity index (χ4n) is 4.52. The maximum atomic E-state index is 13.3. The van der Waals surface area contributed by atoms with Gasteiger partial charge in [-0.15, -0.1) is 0 Å². The maximum Gasteiger partial charge on any atom is 0.273 e. The van der Waals surface area contributed by atoms with Crippen LogP contribution in [0.1, 0.15) is 37.3 Å². The number of aliphatic hydroxyl groups excluding tert-OH is 1. The summed E-state index contributed by atoms with van der Waals surface area (Å²) in [5, 5.41) is 18.9. The Kier molecular flexibility index (Phi) is 9.62. The maximum absolute atomic E-state index is 13.3. The number of carbonyl (C=O) groups is 1. The average molecular weight is 489 g/mol. The molecule has 0 aromatic heterocycles. The molecule has 1 fully saturated rings. The van der Waals surface area contributed by atoms with E-state index in [0.29, 0.717) is 18.2 Å². The number of amides is 1. The normalized spacial score (nSPS) is 15.3. The van der Waals surface area contributed by atoms with Gasteiger partial charge in [0.15, 0.2) is 0 Å². The highest BCUT2D eigenvalue weighted by Gasteiger charge is 2.25. The molecule has 0 radical (unpaired) electrons. The molecule has 6 heteroatoms. The zero-order chi connectivity index (χ0) is 26.2. The van der Waals surface area contributed by atoms with Gasteiger partial charge in [0.1, 0.15) is 5.71 Å². The van der Waals surface area contributed by atoms with Crippen LogP contribution in [0.5, 0.6) is 0 Å². The number of nitrogens with zero attached hydrogens (tertiary/aromatic N) is 1. The van der Waals surface area contributed by atoms with E-state index in [1.807, 2.05) is 45.2 Å². The van der Waals surface area contributed by atoms with Gasteiger partial charge in [-0.25, -0.2) is 0 Å². The molecular formula is C30H40N4O2. The van der Waals surface area contributed by atoms with Crippen molar-refractivity contribution < 1.29 is 9.90 Å². The van der Waals surface area contributed by atoms with Crippen LogP contribution in [-0.4, -0.2) is 50.0 Å². The molecule has 0 bridgehead atoms. The summed E-state index contributed by atoms with van der Waals surface area (Å²) in [6, 6.07) is 12.2. The number of rotatable bonds is 11. The first-order valence-electron chi connectivity index (χ1n) is 12.7. The minimum Gasteiger partial charge on any atom is -0.395 e. The van der Waals surface area contributed by atoms with E-state index in [0.717, 1.165) is 57.6 Å². The summed E-state index contributed by atoms with van der Waals surface area (Å²) < 4.78 is 0. The number of aliphatic hydroxyl groups is 1. The lowest BCUT2D eigenvalue weighted by molar-refractivity contribution is -0.110. The molecule has 1 atom stereocenters. The third-order valence-electron chi connectivity index (χ3n) is 7.13. The van der Waals surface area contributed by atoms with E-state index in [2.05, 4.69) is 52.6 Å². The van der Waals surface area contributed by atoms with Crippen molar-refractivity contribution >= 4 is 23.0 Å². The quantitative estimate of drug-likeness (QED) is 0.256. The molecular weight excluding hydrogens is 448 g/mol. The van der Waals surface area contributed by atoms with Gasteiger partial charge in [-0.3, -0.25) is 9.79 Å². The topological polar surface area (TPSA) is 85.8 Å². The zero-order valence-corrected chi connectivity index (χ0v) is 22.2. The van der Waals surface area contributed by atoms with Gasteiger partial charge in [-0.2, -0.15) is 0 Å². The molecule has 0 aliphatic heterocycles. The molecule has 192 valence electrons. The number of nitrogens with one attached hydrogen (secondary N) is 3. The van der Waals surface area contributed by atoms with Crippen molar-refractivity contribution in [3.63, 3.8) is 0 Å². The van der Waals surface area contributed by atoms with Crippen LogP contribution < -0.4 is 16.0 Å². The van der Waals surface area contributed by atoms with E-state index < -0.39 is 0 Å². The molecule has 0 unspecified atom stereocenters. The average Bonchev–Trinajstić information content (AvgIpc) is 2.85. The van der Waals surface area contributed by atoms with Crippen LogP contribution in [0, 0.1) is 19.8 Å². The number of anilines is 2. The summed E-state index contributed by atoms with van der Waals surface area (Å²) in [5.74, 6) is 0.153. The highest BCUT2D eigenvalue weighted by molar-refractivity contribution is 6.47. The van der Waals surface area contributed by atoms with Crippen LogP contribution in [0.15, 0.2) is 65.2 Å². The molecule has 0 heterocycles. The number of hydrogen-bond donors (Lipinski definition) is 4. The summed E-state index contributed by atoms with van der Waals surface area (Å²) in [7, 11) is 3.57. The first-order valence-corrected chi connectivity index (χ1v) is 12.7. The zero-order valence-electron chi connectivity index (χ0n) is 22.2. The fourth-order valence-corrected chi connectivity index (χ4v) is 4.52. The van der Waals surface area contributed by atoms with Crippen LogP contribution in [0.25, 0.3) is 11.1 Å². The van der Waals surface area contributed by atoms with Crippen molar-refractivity contribution in [3.05, 3.63) is 71.3 Å². The van der Waals surface area contributed by atoms with Gasteiger partial charge in [0.25, 0.3) is 5.91 Å². The van der Waals surface area contributed by atoms with Crippen molar-refractivity contribution in [2.24, 2.45) is 10.9 Å². The van der Waals surface area contributed by atoms with Crippen molar-refractivity contribution in [1.82, 2.24) is 5.32 Å². The SMILES string of the molecule is C=C(CN[C@@H](C)CO)/C(=C\C(=NC)C(=O)Nc1cccc(-c2cccc(NC)c2C)c1C)C1CCC1. The Morgan fingerprint density at radius 3 is 2.28 bits per heavy atom. The summed E-state index contributed by atoms with van der Waals surface area (Å²) in [6.07, 6.45) is 5.25. The first kappa shape index (κ1) is 27.4. The van der Waals surface area contributed by atoms with Gasteiger partial charge in [0.05, 0.1) is 6.61 Å². The molecule has 3 rings (SSSR count). The predicted molar refractivity (Wildman–Crippen MR) is 152 cm³/mol. The Labute approximate surface area is 215 Å². The van der Waals surface area contributed by atoms with Gasteiger partial charge >= 0.3 is 0 Å². The van der Waals surface area contributed by atoms with Gasteiger partial charge in [-0.05, 0) is 91.1 Å². The van der Waals surface area contributed by atoms with Gasteiger partial charge in [0, 0.05) is 38.1 Å². The Hall–Kier alpha value is -3.22. The van der Waals surface area contributed by atoms with Crippen molar-refractivity contribution in [2.45, 2.75) is 46.1 Å².